The molecule has 0 saturated carbocycles. The van der Waals surface area contributed by atoms with Crippen LogP contribution in [0, 0.1) is 0 Å². The number of hydrogen-bond acceptors (Lipinski definition) is 3. The molecule has 0 fully saturated rings. The third kappa shape index (κ3) is 5.67. The van der Waals surface area contributed by atoms with E-state index in [-0.39, 0.29) is 23.8 Å². The highest BCUT2D eigenvalue weighted by Crippen LogP contribution is 2.26. The largest absolute Gasteiger partial charge is 0.326 e. The first-order valence-electron chi connectivity index (χ1n) is 10.6. The van der Waals surface area contributed by atoms with Crippen LogP contribution in [0.5, 0.6) is 0 Å². The van der Waals surface area contributed by atoms with Gasteiger partial charge in [0.05, 0.1) is 23.5 Å². The summed E-state index contributed by atoms with van der Waals surface area (Å²) in [5.74, 6) is -0.160. The normalized spacial score (nSPS) is 11.0. The SMILES string of the molecule is O=C(Cc1ccccc1)Nc1ccc(S(=O)(=O)N(Cc2ccccc2)c2ccccc2)cc1. The molecule has 0 aromatic heterocycles. The summed E-state index contributed by atoms with van der Waals surface area (Å²) >= 11 is 0. The summed E-state index contributed by atoms with van der Waals surface area (Å²) in [4.78, 5) is 12.5. The van der Waals surface area contributed by atoms with Crippen molar-refractivity contribution in [3.63, 3.8) is 0 Å². The van der Waals surface area contributed by atoms with Crippen molar-refractivity contribution >= 4 is 27.3 Å². The van der Waals surface area contributed by atoms with Gasteiger partial charge in [0, 0.05) is 5.69 Å². The number of anilines is 2. The molecule has 0 atom stereocenters. The first kappa shape index (κ1) is 22.3. The Balaban J connectivity index is 1.54. The van der Waals surface area contributed by atoms with Gasteiger partial charge in [-0.15, -0.1) is 0 Å². The Kier molecular flexibility index (Phi) is 6.86. The molecule has 0 bridgehead atoms. The Hall–Kier alpha value is -3.90. The van der Waals surface area contributed by atoms with Gasteiger partial charge in [-0.3, -0.25) is 9.10 Å². The number of hydrogen-bond donors (Lipinski definition) is 1. The molecule has 4 aromatic rings. The molecule has 1 amide bonds. The molecule has 0 saturated heterocycles. The van der Waals surface area contributed by atoms with Gasteiger partial charge in [-0.05, 0) is 47.5 Å². The van der Waals surface area contributed by atoms with E-state index < -0.39 is 10.0 Å². The van der Waals surface area contributed by atoms with Crippen LogP contribution in [0.3, 0.4) is 0 Å². The second-order valence-corrected chi connectivity index (χ2v) is 9.43. The fraction of sp³-hybridized carbons (Fsp3) is 0.0741. The Morgan fingerprint density at radius 1 is 0.667 bits per heavy atom. The van der Waals surface area contributed by atoms with Gasteiger partial charge in [-0.2, -0.15) is 0 Å². The number of carbonyl (C=O) groups excluding carboxylic acids is 1. The lowest BCUT2D eigenvalue weighted by molar-refractivity contribution is -0.115. The number of nitrogens with one attached hydrogen (secondary N) is 1. The van der Waals surface area contributed by atoms with Crippen LogP contribution >= 0.6 is 0 Å². The van der Waals surface area contributed by atoms with Crippen molar-refractivity contribution in [2.45, 2.75) is 17.9 Å². The number of benzene rings is 4. The highest BCUT2D eigenvalue weighted by atomic mass is 32.2. The Bertz CT molecular complexity index is 1290. The summed E-state index contributed by atoms with van der Waals surface area (Å²) in [7, 11) is -3.83. The minimum absolute atomic E-state index is 0.156. The van der Waals surface area contributed by atoms with E-state index in [1.807, 2.05) is 78.9 Å². The summed E-state index contributed by atoms with van der Waals surface area (Å²) in [6.45, 7) is 0.211. The first-order valence-corrected chi connectivity index (χ1v) is 12.0. The second-order valence-electron chi connectivity index (χ2n) is 7.57. The topological polar surface area (TPSA) is 66.5 Å². The van der Waals surface area contributed by atoms with Crippen LogP contribution in [0.15, 0.2) is 120 Å². The summed E-state index contributed by atoms with van der Waals surface area (Å²) in [6.07, 6.45) is 0.250. The number of sulfonamides is 1. The van der Waals surface area contributed by atoms with E-state index in [1.165, 1.54) is 16.4 Å². The third-order valence-electron chi connectivity index (χ3n) is 5.15. The summed E-state index contributed by atoms with van der Waals surface area (Å²) in [5, 5.41) is 2.82. The van der Waals surface area contributed by atoms with E-state index >= 15 is 0 Å². The highest BCUT2D eigenvalue weighted by molar-refractivity contribution is 7.92. The van der Waals surface area contributed by atoms with Crippen molar-refractivity contribution in [2.24, 2.45) is 0 Å². The molecule has 166 valence electrons. The van der Waals surface area contributed by atoms with Crippen molar-refractivity contribution in [3.05, 3.63) is 126 Å². The molecule has 0 aliphatic rings. The van der Waals surface area contributed by atoms with Crippen LogP contribution in [0.2, 0.25) is 0 Å². The van der Waals surface area contributed by atoms with Crippen molar-refractivity contribution < 1.29 is 13.2 Å². The van der Waals surface area contributed by atoms with Crippen LogP contribution in [0.1, 0.15) is 11.1 Å². The van der Waals surface area contributed by atoms with Crippen LogP contribution in [-0.2, 0) is 27.8 Å². The van der Waals surface area contributed by atoms with Crippen LogP contribution in [0.4, 0.5) is 11.4 Å². The van der Waals surface area contributed by atoms with Gasteiger partial charge in [0.15, 0.2) is 0 Å². The lowest BCUT2D eigenvalue weighted by Crippen LogP contribution is -2.30. The van der Waals surface area contributed by atoms with Crippen LogP contribution < -0.4 is 9.62 Å². The molecule has 1 N–H and O–H groups in total. The predicted molar refractivity (Wildman–Crippen MR) is 131 cm³/mol. The number of para-hydroxylation sites is 1. The van der Waals surface area contributed by atoms with Gasteiger partial charge in [0.25, 0.3) is 10.0 Å². The van der Waals surface area contributed by atoms with E-state index in [0.717, 1.165) is 11.1 Å². The summed E-state index contributed by atoms with van der Waals surface area (Å²) < 4.78 is 28.5. The van der Waals surface area contributed by atoms with Crippen LogP contribution in [0.25, 0.3) is 0 Å². The zero-order valence-electron chi connectivity index (χ0n) is 18.0. The minimum atomic E-state index is -3.83. The molecule has 0 radical (unpaired) electrons. The van der Waals surface area contributed by atoms with Gasteiger partial charge in [-0.1, -0.05) is 78.9 Å². The molecule has 33 heavy (non-hydrogen) atoms. The van der Waals surface area contributed by atoms with E-state index in [9.17, 15) is 13.2 Å². The maximum absolute atomic E-state index is 13.6. The molecule has 0 unspecified atom stereocenters. The maximum Gasteiger partial charge on any atom is 0.264 e. The first-order chi connectivity index (χ1) is 16.0. The number of nitrogens with zero attached hydrogens (tertiary/aromatic N) is 1. The zero-order valence-corrected chi connectivity index (χ0v) is 18.8. The molecule has 4 rings (SSSR count). The smallest absolute Gasteiger partial charge is 0.264 e. The quantitative estimate of drug-likeness (QED) is 0.393. The molecular weight excluding hydrogens is 432 g/mol. The number of amides is 1. The fourth-order valence-corrected chi connectivity index (χ4v) is 4.94. The fourth-order valence-electron chi connectivity index (χ4n) is 3.48. The van der Waals surface area contributed by atoms with Gasteiger partial charge < -0.3 is 5.32 Å². The number of carbonyl (C=O) groups is 1. The van der Waals surface area contributed by atoms with Crippen molar-refractivity contribution in [2.75, 3.05) is 9.62 Å². The predicted octanol–water partition coefficient (Wildman–Crippen LogP) is 5.26. The molecule has 4 aromatic carbocycles. The number of rotatable bonds is 8. The summed E-state index contributed by atoms with van der Waals surface area (Å²) in [6, 6.07) is 34.2. The van der Waals surface area contributed by atoms with Gasteiger partial charge >= 0.3 is 0 Å². The average Bonchev–Trinajstić information content (AvgIpc) is 2.84. The molecular formula is C27H24N2O3S. The standard InChI is InChI=1S/C27H24N2O3S/c30-27(20-22-10-4-1-5-11-22)28-24-16-18-26(19-17-24)33(31,32)29(25-14-8-3-9-15-25)21-23-12-6-2-7-13-23/h1-19H,20-21H2,(H,28,30). The van der Waals surface area contributed by atoms with E-state index in [1.54, 1.807) is 24.3 Å². The molecule has 6 heteroatoms. The van der Waals surface area contributed by atoms with Crippen molar-refractivity contribution in [1.82, 2.24) is 0 Å². The third-order valence-corrected chi connectivity index (χ3v) is 6.93. The monoisotopic (exact) mass is 456 g/mol. The molecule has 0 spiro atoms. The van der Waals surface area contributed by atoms with E-state index in [2.05, 4.69) is 5.32 Å². The lowest BCUT2D eigenvalue weighted by Gasteiger charge is -2.25. The minimum Gasteiger partial charge on any atom is -0.326 e. The molecule has 0 aliphatic heterocycles. The zero-order chi connectivity index (χ0) is 23.1. The van der Waals surface area contributed by atoms with E-state index in [4.69, 9.17) is 0 Å². The lowest BCUT2D eigenvalue weighted by atomic mass is 10.1. The molecule has 5 nitrogen and oxygen atoms in total. The maximum atomic E-state index is 13.6. The summed E-state index contributed by atoms with van der Waals surface area (Å²) in [5.41, 5.74) is 2.93. The second kappa shape index (κ2) is 10.1. The highest BCUT2D eigenvalue weighted by Gasteiger charge is 2.25. The van der Waals surface area contributed by atoms with Crippen molar-refractivity contribution in [1.29, 1.82) is 0 Å². The van der Waals surface area contributed by atoms with Crippen molar-refractivity contribution in [3.8, 4) is 0 Å². The molecule has 0 aliphatic carbocycles. The van der Waals surface area contributed by atoms with E-state index in [0.29, 0.717) is 11.4 Å². The average molecular weight is 457 g/mol. The Morgan fingerprint density at radius 3 is 1.76 bits per heavy atom. The Labute approximate surface area is 194 Å². The Morgan fingerprint density at radius 2 is 1.18 bits per heavy atom. The van der Waals surface area contributed by atoms with Gasteiger partial charge in [0.1, 0.15) is 0 Å². The van der Waals surface area contributed by atoms with Crippen LogP contribution in [-0.4, -0.2) is 14.3 Å². The van der Waals surface area contributed by atoms with Gasteiger partial charge in [0.2, 0.25) is 5.91 Å². The molecule has 0 heterocycles. The van der Waals surface area contributed by atoms with Gasteiger partial charge in [-0.25, -0.2) is 8.42 Å².